The Kier molecular flexibility index (Phi) is 6.10. The molecule has 2 aliphatic heterocycles. The Hall–Kier alpha value is -1.43. The Bertz CT molecular complexity index is 562. The molecular weight excluding hydrogens is 312 g/mol. The van der Waals surface area contributed by atoms with Gasteiger partial charge in [-0.15, -0.1) is 0 Å². The summed E-state index contributed by atoms with van der Waals surface area (Å²) in [5.41, 5.74) is 1.24. The van der Waals surface area contributed by atoms with E-state index in [2.05, 4.69) is 65.3 Å². The predicted molar refractivity (Wildman–Crippen MR) is 102 cm³/mol. The molecule has 0 saturated carbocycles. The topological polar surface area (TPSA) is 38.8 Å². The SMILES string of the molecule is C[C@@H]1CN2CCC[C@H]2CN1CC(=O)NC[C@H](c1ccccc1)N(C)C. The second-order valence-electron chi connectivity index (χ2n) is 7.76. The molecule has 5 nitrogen and oxygen atoms in total. The van der Waals surface area contributed by atoms with Crippen molar-refractivity contribution in [3.63, 3.8) is 0 Å². The molecule has 2 saturated heterocycles. The van der Waals surface area contributed by atoms with Crippen molar-refractivity contribution in [3.05, 3.63) is 35.9 Å². The van der Waals surface area contributed by atoms with Crippen molar-refractivity contribution in [2.24, 2.45) is 0 Å². The van der Waals surface area contributed by atoms with Gasteiger partial charge in [0.25, 0.3) is 0 Å². The summed E-state index contributed by atoms with van der Waals surface area (Å²) in [4.78, 5) is 19.6. The van der Waals surface area contributed by atoms with E-state index in [1.165, 1.54) is 24.9 Å². The van der Waals surface area contributed by atoms with Crippen molar-refractivity contribution in [2.45, 2.75) is 37.9 Å². The molecule has 138 valence electrons. The minimum Gasteiger partial charge on any atom is -0.353 e. The summed E-state index contributed by atoms with van der Waals surface area (Å²) in [6.07, 6.45) is 2.58. The average molecular weight is 345 g/mol. The monoisotopic (exact) mass is 344 g/mol. The molecule has 2 aliphatic rings. The Balaban J connectivity index is 1.51. The highest BCUT2D eigenvalue weighted by Gasteiger charge is 2.34. The smallest absolute Gasteiger partial charge is 0.234 e. The lowest BCUT2D eigenvalue weighted by Gasteiger charge is -2.42. The van der Waals surface area contributed by atoms with Crippen LogP contribution in [0.15, 0.2) is 30.3 Å². The first-order valence-electron chi connectivity index (χ1n) is 9.50. The second-order valence-corrected chi connectivity index (χ2v) is 7.76. The number of hydrogen-bond donors (Lipinski definition) is 1. The fourth-order valence-electron chi connectivity index (χ4n) is 4.19. The number of hydrogen-bond acceptors (Lipinski definition) is 4. The molecule has 2 heterocycles. The van der Waals surface area contributed by atoms with Gasteiger partial charge in [-0.3, -0.25) is 14.6 Å². The molecular formula is C20H32N4O. The summed E-state index contributed by atoms with van der Waals surface area (Å²) in [6, 6.07) is 11.7. The summed E-state index contributed by atoms with van der Waals surface area (Å²) in [5.74, 6) is 0.140. The molecule has 0 radical (unpaired) electrons. The van der Waals surface area contributed by atoms with Gasteiger partial charge in [-0.05, 0) is 46.0 Å². The van der Waals surface area contributed by atoms with Gasteiger partial charge in [0.05, 0.1) is 12.6 Å². The average Bonchev–Trinajstić information content (AvgIpc) is 3.03. The van der Waals surface area contributed by atoms with Gasteiger partial charge in [0.15, 0.2) is 0 Å². The van der Waals surface area contributed by atoms with E-state index in [9.17, 15) is 4.79 Å². The molecule has 0 aliphatic carbocycles. The molecule has 0 aromatic heterocycles. The van der Waals surface area contributed by atoms with Crippen LogP contribution in [0.5, 0.6) is 0 Å². The number of nitrogens with zero attached hydrogens (tertiary/aromatic N) is 3. The van der Waals surface area contributed by atoms with Crippen LogP contribution in [0.3, 0.4) is 0 Å². The molecule has 1 aromatic rings. The Labute approximate surface area is 152 Å². The molecule has 1 N–H and O–H groups in total. The summed E-state index contributed by atoms with van der Waals surface area (Å²) in [7, 11) is 4.12. The molecule has 1 amide bonds. The van der Waals surface area contributed by atoms with E-state index in [0.717, 1.165) is 13.1 Å². The summed E-state index contributed by atoms with van der Waals surface area (Å²) in [6.45, 7) is 6.77. The van der Waals surface area contributed by atoms with Crippen LogP contribution in [-0.2, 0) is 4.79 Å². The van der Waals surface area contributed by atoms with Crippen LogP contribution in [0.1, 0.15) is 31.4 Å². The molecule has 2 fully saturated rings. The van der Waals surface area contributed by atoms with Crippen LogP contribution in [0.2, 0.25) is 0 Å². The maximum atomic E-state index is 12.5. The predicted octanol–water partition coefficient (Wildman–Crippen LogP) is 1.57. The van der Waals surface area contributed by atoms with E-state index < -0.39 is 0 Å². The van der Waals surface area contributed by atoms with E-state index >= 15 is 0 Å². The summed E-state index contributed by atoms with van der Waals surface area (Å²) < 4.78 is 0. The van der Waals surface area contributed by atoms with Gasteiger partial charge >= 0.3 is 0 Å². The first kappa shape index (κ1) is 18.4. The summed E-state index contributed by atoms with van der Waals surface area (Å²) >= 11 is 0. The molecule has 3 atom stereocenters. The Morgan fingerprint density at radius 3 is 2.76 bits per heavy atom. The summed E-state index contributed by atoms with van der Waals surface area (Å²) in [5, 5.41) is 3.15. The number of carbonyl (C=O) groups is 1. The molecule has 5 heteroatoms. The highest BCUT2D eigenvalue weighted by Crippen LogP contribution is 2.24. The number of carbonyl (C=O) groups excluding carboxylic acids is 1. The third kappa shape index (κ3) is 4.60. The van der Waals surface area contributed by atoms with Gasteiger partial charge in [0.2, 0.25) is 5.91 Å². The van der Waals surface area contributed by atoms with Crippen LogP contribution in [0, 0.1) is 0 Å². The highest BCUT2D eigenvalue weighted by molar-refractivity contribution is 5.78. The number of rotatable bonds is 6. The molecule has 0 unspecified atom stereocenters. The maximum Gasteiger partial charge on any atom is 0.234 e. The zero-order chi connectivity index (χ0) is 17.8. The van der Waals surface area contributed by atoms with E-state index in [1.54, 1.807) is 0 Å². The second kappa shape index (κ2) is 8.30. The molecule has 0 bridgehead atoms. The first-order chi connectivity index (χ1) is 12.0. The third-order valence-electron chi connectivity index (χ3n) is 5.71. The van der Waals surface area contributed by atoms with Crippen LogP contribution < -0.4 is 5.32 Å². The van der Waals surface area contributed by atoms with Crippen LogP contribution >= 0.6 is 0 Å². The van der Waals surface area contributed by atoms with E-state index in [0.29, 0.717) is 25.2 Å². The zero-order valence-corrected chi connectivity index (χ0v) is 15.8. The number of nitrogens with one attached hydrogen (secondary N) is 1. The van der Waals surface area contributed by atoms with Crippen molar-refractivity contribution in [1.29, 1.82) is 0 Å². The normalized spacial score (nSPS) is 25.8. The van der Waals surface area contributed by atoms with Crippen LogP contribution in [0.4, 0.5) is 0 Å². The lowest BCUT2D eigenvalue weighted by Crippen LogP contribution is -2.57. The van der Waals surface area contributed by atoms with Gasteiger partial charge in [-0.1, -0.05) is 30.3 Å². The van der Waals surface area contributed by atoms with Crippen molar-refractivity contribution in [1.82, 2.24) is 20.0 Å². The lowest BCUT2D eigenvalue weighted by molar-refractivity contribution is -0.123. The minimum atomic E-state index is 0.140. The fourth-order valence-corrected chi connectivity index (χ4v) is 4.19. The Morgan fingerprint density at radius 1 is 1.28 bits per heavy atom. The zero-order valence-electron chi connectivity index (χ0n) is 15.8. The quantitative estimate of drug-likeness (QED) is 0.850. The van der Waals surface area contributed by atoms with Crippen molar-refractivity contribution in [3.8, 4) is 0 Å². The standard InChI is InChI=1S/C20H32N4O/c1-16-13-23-11-7-10-18(23)14-24(16)15-20(25)21-12-19(22(2)3)17-8-5-4-6-9-17/h4-6,8-9,16,18-19H,7,10-15H2,1-3H3,(H,21,25)/t16-,18+,19-/m1/s1. The van der Waals surface area contributed by atoms with Crippen LogP contribution in [0.25, 0.3) is 0 Å². The van der Waals surface area contributed by atoms with Gasteiger partial charge in [-0.25, -0.2) is 0 Å². The van der Waals surface area contributed by atoms with Gasteiger partial charge in [0, 0.05) is 31.7 Å². The van der Waals surface area contributed by atoms with E-state index in [-0.39, 0.29) is 11.9 Å². The molecule has 1 aromatic carbocycles. The van der Waals surface area contributed by atoms with Crippen molar-refractivity contribution in [2.75, 3.05) is 46.8 Å². The third-order valence-corrected chi connectivity index (χ3v) is 5.71. The molecule has 0 spiro atoms. The number of likely N-dealkylation sites (N-methyl/N-ethyl adjacent to an activating group) is 1. The number of piperazine rings is 1. The number of benzene rings is 1. The molecule has 25 heavy (non-hydrogen) atoms. The van der Waals surface area contributed by atoms with Gasteiger partial charge in [0.1, 0.15) is 0 Å². The number of fused-ring (bicyclic) bond motifs is 1. The maximum absolute atomic E-state index is 12.5. The highest BCUT2D eigenvalue weighted by atomic mass is 16.2. The van der Waals surface area contributed by atoms with Crippen molar-refractivity contribution >= 4 is 5.91 Å². The Morgan fingerprint density at radius 2 is 2.04 bits per heavy atom. The van der Waals surface area contributed by atoms with E-state index in [4.69, 9.17) is 0 Å². The number of amides is 1. The van der Waals surface area contributed by atoms with Crippen LogP contribution in [-0.4, -0.2) is 79.5 Å². The van der Waals surface area contributed by atoms with Gasteiger partial charge in [-0.2, -0.15) is 0 Å². The van der Waals surface area contributed by atoms with Gasteiger partial charge < -0.3 is 10.2 Å². The molecule has 3 rings (SSSR count). The lowest BCUT2D eigenvalue weighted by atomic mass is 10.1. The first-order valence-corrected chi connectivity index (χ1v) is 9.50. The minimum absolute atomic E-state index is 0.140. The van der Waals surface area contributed by atoms with E-state index in [1.807, 2.05) is 6.07 Å². The largest absolute Gasteiger partial charge is 0.353 e. The van der Waals surface area contributed by atoms with Crippen molar-refractivity contribution < 1.29 is 4.79 Å². The fraction of sp³-hybridized carbons (Fsp3) is 0.650.